The van der Waals surface area contributed by atoms with Gasteiger partial charge < -0.3 is 0 Å². The Morgan fingerprint density at radius 1 is 0.577 bits per heavy atom. The van der Waals surface area contributed by atoms with E-state index < -0.39 is 0 Å². The highest BCUT2D eigenvalue weighted by atomic mass is 14.2. The molecule has 0 nitrogen and oxygen atoms in total. The molecule has 134 valence electrons. The topological polar surface area (TPSA) is 0 Å². The maximum Gasteiger partial charge on any atom is -0.0111 e. The summed E-state index contributed by atoms with van der Waals surface area (Å²) < 4.78 is 0. The van der Waals surface area contributed by atoms with Gasteiger partial charge in [0.05, 0.1) is 0 Å². The van der Waals surface area contributed by atoms with Crippen LogP contribution in [0.5, 0.6) is 0 Å². The van der Waals surface area contributed by atoms with Crippen LogP contribution in [0.25, 0.3) is 22.3 Å². The smallest absolute Gasteiger partial charge is 0.0111 e. The number of aryl methyl sites for hydroxylation is 3. The first-order valence-electron chi connectivity index (χ1n) is 9.90. The summed E-state index contributed by atoms with van der Waals surface area (Å²) in [4.78, 5) is 0. The van der Waals surface area contributed by atoms with E-state index >= 15 is 0 Å². The zero-order chi connectivity index (χ0) is 18.7. The van der Waals surface area contributed by atoms with Crippen LogP contribution in [0, 0.1) is 13.8 Å². The molecule has 0 aromatic heterocycles. The molecule has 3 rings (SSSR count). The van der Waals surface area contributed by atoms with E-state index in [2.05, 4.69) is 89.2 Å². The van der Waals surface area contributed by atoms with Crippen molar-refractivity contribution >= 4 is 0 Å². The van der Waals surface area contributed by atoms with Crippen LogP contribution in [0.1, 0.15) is 48.6 Å². The molecule has 0 heterocycles. The fourth-order valence-corrected chi connectivity index (χ4v) is 3.97. The second kappa shape index (κ2) is 7.91. The molecule has 0 unspecified atom stereocenters. The lowest BCUT2D eigenvalue weighted by Crippen LogP contribution is -2.03. The van der Waals surface area contributed by atoms with Crippen molar-refractivity contribution in [1.29, 1.82) is 0 Å². The van der Waals surface area contributed by atoms with Gasteiger partial charge in [0, 0.05) is 0 Å². The fraction of sp³-hybridized carbons (Fsp3) is 0.308. The highest BCUT2D eigenvalue weighted by Gasteiger charge is 2.17. The Morgan fingerprint density at radius 3 is 1.54 bits per heavy atom. The summed E-state index contributed by atoms with van der Waals surface area (Å²) >= 11 is 0. The van der Waals surface area contributed by atoms with E-state index in [1.165, 1.54) is 50.1 Å². The van der Waals surface area contributed by atoms with E-state index in [0.717, 1.165) is 19.3 Å². The Hall–Kier alpha value is -2.34. The quantitative estimate of drug-likeness (QED) is 0.455. The van der Waals surface area contributed by atoms with E-state index in [4.69, 9.17) is 0 Å². The molecule has 0 saturated heterocycles. The maximum atomic E-state index is 2.44. The number of hydrogen-bond acceptors (Lipinski definition) is 0. The molecule has 0 saturated carbocycles. The van der Waals surface area contributed by atoms with Gasteiger partial charge in [0.2, 0.25) is 0 Å². The largest absolute Gasteiger partial charge is 0.0613 e. The van der Waals surface area contributed by atoms with Crippen LogP contribution in [0.2, 0.25) is 0 Å². The predicted octanol–water partition coefficient (Wildman–Crippen LogP) is 7.32. The zero-order valence-electron chi connectivity index (χ0n) is 16.8. The standard InChI is InChI=1S/C26H30/c1-6-20-17-25(21-13-9-18(4)10-14-21)24(8-3)26(23(20)7-2)22-15-11-19(5)12-16-22/h9-17H,6-8H2,1-5H3. The molecular formula is C26H30. The van der Waals surface area contributed by atoms with Gasteiger partial charge in [0.1, 0.15) is 0 Å². The van der Waals surface area contributed by atoms with Crippen LogP contribution in [0.15, 0.2) is 54.6 Å². The molecule has 0 atom stereocenters. The summed E-state index contributed by atoms with van der Waals surface area (Å²) in [5.74, 6) is 0. The average Bonchev–Trinajstić information content (AvgIpc) is 2.67. The molecule has 0 fully saturated rings. The highest BCUT2D eigenvalue weighted by molar-refractivity contribution is 5.82. The first-order valence-corrected chi connectivity index (χ1v) is 9.90. The first kappa shape index (κ1) is 18.5. The Morgan fingerprint density at radius 2 is 1.08 bits per heavy atom. The predicted molar refractivity (Wildman–Crippen MR) is 115 cm³/mol. The normalized spacial score (nSPS) is 11.0. The lowest BCUT2D eigenvalue weighted by atomic mass is 9.82. The van der Waals surface area contributed by atoms with E-state index in [9.17, 15) is 0 Å². The Bertz CT molecular complexity index is 881. The summed E-state index contributed by atoms with van der Waals surface area (Å²) in [5, 5.41) is 0. The molecule has 26 heavy (non-hydrogen) atoms. The van der Waals surface area contributed by atoms with Crippen LogP contribution < -0.4 is 0 Å². The van der Waals surface area contributed by atoms with Crippen LogP contribution >= 0.6 is 0 Å². The minimum absolute atomic E-state index is 1.05. The molecular weight excluding hydrogens is 312 g/mol. The van der Waals surface area contributed by atoms with Crippen molar-refractivity contribution in [1.82, 2.24) is 0 Å². The monoisotopic (exact) mass is 342 g/mol. The molecule has 0 spiro atoms. The van der Waals surface area contributed by atoms with Crippen LogP contribution in [0.3, 0.4) is 0 Å². The Kier molecular flexibility index (Phi) is 5.61. The second-order valence-electron chi connectivity index (χ2n) is 7.21. The summed E-state index contributed by atoms with van der Waals surface area (Å²) in [6.45, 7) is 11.2. The zero-order valence-corrected chi connectivity index (χ0v) is 16.8. The van der Waals surface area contributed by atoms with Crippen molar-refractivity contribution < 1.29 is 0 Å². The summed E-state index contributed by atoms with van der Waals surface area (Å²) in [7, 11) is 0. The summed E-state index contributed by atoms with van der Waals surface area (Å²) in [6, 6.07) is 20.5. The van der Waals surface area contributed by atoms with Crippen molar-refractivity contribution in [2.45, 2.75) is 53.9 Å². The molecule has 0 aliphatic carbocycles. The van der Waals surface area contributed by atoms with Crippen LogP contribution in [-0.2, 0) is 19.3 Å². The van der Waals surface area contributed by atoms with Crippen molar-refractivity contribution in [2.24, 2.45) is 0 Å². The SMILES string of the molecule is CCc1cc(-c2ccc(C)cc2)c(CC)c(-c2ccc(C)cc2)c1CC. The Balaban J connectivity index is 2.34. The van der Waals surface area contributed by atoms with E-state index in [1.54, 1.807) is 0 Å². The number of hydrogen-bond donors (Lipinski definition) is 0. The van der Waals surface area contributed by atoms with Gasteiger partial charge in [-0.1, -0.05) is 86.5 Å². The van der Waals surface area contributed by atoms with E-state index in [0.29, 0.717) is 0 Å². The third-order valence-corrected chi connectivity index (χ3v) is 5.43. The van der Waals surface area contributed by atoms with Crippen LogP contribution in [-0.4, -0.2) is 0 Å². The van der Waals surface area contributed by atoms with E-state index in [1.807, 2.05) is 0 Å². The second-order valence-corrected chi connectivity index (χ2v) is 7.21. The van der Waals surface area contributed by atoms with Gasteiger partial charge in [-0.2, -0.15) is 0 Å². The Labute approximate surface area is 158 Å². The van der Waals surface area contributed by atoms with Crippen molar-refractivity contribution in [3.63, 3.8) is 0 Å². The van der Waals surface area contributed by atoms with Gasteiger partial charge in [0.15, 0.2) is 0 Å². The lowest BCUT2D eigenvalue weighted by molar-refractivity contribution is 1.02. The number of rotatable bonds is 5. The van der Waals surface area contributed by atoms with Crippen molar-refractivity contribution in [3.05, 3.63) is 82.4 Å². The van der Waals surface area contributed by atoms with Gasteiger partial charge >= 0.3 is 0 Å². The van der Waals surface area contributed by atoms with Crippen molar-refractivity contribution in [3.8, 4) is 22.3 Å². The first-order chi connectivity index (χ1) is 12.6. The average molecular weight is 343 g/mol. The fourth-order valence-electron chi connectivity index (χ4n) is 3.97. The lowest BCUT2D eigenvalue weighted by Gasteiger charge is -2.22. The molecule has 3 aromatic carbocycles. The molecule has 0 aliphatic rings. The van der Waals surface area contributed by atoms with Gasteiger partial charge in [-0.25, -0.2) is 0 Å². The third-order valence-electron chi connectivity index (χ3n) is 5.43. The van der Waals surface area contributed by atoms with Gasteiger partial charge in [-0.15, -0.1) is 0 Å². The minimum atomic E-state index is 1.05. The van der Waals surface area contributed by atoms with Crippen molar-refractivity contribution in [2.75, 3.05) is 0 Å². The summed E-state index contributed by atoms with van der Waals surface area (Å²) in [6.07, 6.45) is 3.20. The van der Waals surface area contributed by atoms with Gasteiger partial charge in [-0.05, 0) is 72.1 Å². The minimum Gasteiger partial charge on any atom is -0.0613 e. The van der Waals surface area contributed by atoms with E-state index in [-0.39, 0.29) is 0 Å². The maximum absolute atomic E-state index is 2.44. The number of benzene rings is 3. The highest BCUT2D eigenvalue weighted by Crippen LogP contribution is 2.38. The molecule has 0 amide bonds. The van der Waals surface area contributed by atoms with Gasteiger partial charge in [0.25, 0.3) is 0 Å². The molecule has 0 aliphatic heterocycles. The third kappa shape index (κ3) is 3.46. The molecule has 3 aromatic rings. The molecule has 0 heteroatoms. The summed E-state index contributed by atoms with van der Waals surface area (Å²) in [5.41, 5.74) is 12.7. The van der Waals surface area contributed by atoms with Crippen LogP contribution in [0.4, 0.5) is 0 Å². The van der Waals surface area contributed by atoms with Gasteiger partial charge in [-0.3, -0.25) is 0 Å². The molecule has 0 radical (unpaired) electrons. The molecule has 0 bridgehead atoms. The molecule has 0 N–H and O–H groups in total.